The molecule has 8 nitrogen and oxygen atoms in total. The highest BCUT2D eigenvalue weighted by Crippen LogP contribution is 2.34. The number of rotatable bonds is 5. The molecule has 1 saturated heterocycles. The van der Waals surface area contributed by atoms with Gasteiger partial charge in [0.15, 0.2) is 5.76 Å². The number of piperazine rings is 1. The number of carbonyl (C=O) groups excluding carboxylic acids is 1. The Morgan fingerprint density at radius 1 is 1.00 bits per heavy atom. The van der Waals surface area contributed by atoms with Crippen molar-refractivity contribution in [3.8, 4) is 5.75 Å². The molecule has 4 aromatic rings. The highest BCUT2D eigenvalue weighted by molar-refractivity contribution is 6.03. The fourth-order valence-corrected chi connectivity index (χ4v) is 4.86. The largest absolute Gasteiger partial charge is 0.506 e. The Balaban J connectivity index is 1.18. The highest BCUT2D eigenvalue weighted by atomic mass is 16.3. The summed E-state index contributed by atoms with van der Waals surface area (Å²) in [4.78, 5) is 17.7. The van der Waals surface area contributed by atoms with E-state index in [1.807, 2.05) is 60.7 Å². The van der Waals surface area contributed by atoms with Gasteiger partial charge in [0.25, 0.3) is 5.91 Å². The molecule has 35 heavy (non-hydrogen) atoms. The molecule has 1 amide bonds. The monoisotopic (exact) mass is 470 g/mol. The minimum absolute atomic E-state index is 0.0754. The molecule has 0 radical (unpaired) electrons. The van der Waals surface area contributed by atoms with Crippen LogP contribution in [0.3, 0.4) is 0 Å². The Morgan fingerprint density at radius 2 is 1.80 bits per heavy atom. The number of benzene rings is 2. The molecule has 1 N–H and O–H groups in total. The van der Waals surface area contributed by atoms with Gasteiger partial charge in [0.05, 0.1) is 18.5 Å². The van der Waals surface area contributed by atoms with Crippen LogP contribution in [0.1, 0.15) is 24.0 Å². The number of furan rings is 2. The zero-order valence-corrected chi connectivity index (χ0v) is 19.2. The van der Waals surface area contributed by atoms with E-state index in [4.69, 9.17) is 13.9 Å². The molecule has 0 aliphatic carbocycles. The van der Waals surface area contributed by atoms with E-state index >= 15 is 0 Å². The molecule has 1 fully saturated rings. The molecule has 0 bridgehead atoms. The van der Waals surface area contributed by atoms with Crippen molar-refractivity contribution in [1.29, 1.82) is 0 Å². The number of hydrazone groups is 1. The van der Waals surface area contributed by atoms with E-state index in [0.717, 1.165) is 48.5 Å². The van der Waals surface area contributed by atoms with Gasteiger partial charge in [-0.25, -0.2) is 5.01 Å². The summed E-state index contributed by atoms with van der Waals surface area (Å²) in [5.41, 5.74) is 2.36. The summed E-state index contributed by atoms with van der Waals surface area (Å²) in [5.74, 6) is 1.59. The Kier molecular flexibility index (Phi) is 5.50. The number of hydrogen-bond donors (Lipinski definition) is 1. The van der Waals surface area contributed by atoms with E-state index in [1.165, 1.54) is 0 Å². The molecule has 178 valence electrons. The number of phenolic OH excluding ortho intramolecular Hbond substituents is 1. The van der Waals surface area contributed by atoms with Crippen molar-refractivity contribution >= 4 is 28.3 Å². The molecule has 0 saturated carbocycles. The van der Waals surface area contributed by atoms with Gasteiger partial charge in [0.1, 0.15) is 28.8 Å². The molecule has 0 spiro atoms. The Bertz CT molecular complexity index is 1340. The predicted octanol–water partition coefficient (Wildman–Crippen LogP) is 4.23. The maximum Gasteiger partial charge on any atom is 0.257 e. The molecule has 2 aromatic carbocycles. The van der Waals surface area contributed by atoms with Crippen LogP contribution in [0, 0.1) is 0 Å². The maximum absolute atomic E-state index is 13.4. The molecular weight excluding hydrogens is 444 g/mol. The molecule has 2 aliphatic heterocycles. The lowest BCUT2D eigenvalue weighted by atomic mass is 10.1. The van der Waals surface area contributed by atoms with Crippen LogP contribution in [0.5, 0.6) is 5.75 Å². The molecule has 8 heteroatoms. The Labute approximate surface area is 202 Å². The highest BCUT2D eigenvalue weighted by Gasteiger charge is 2.36. The van der Waals surface area contributed by atoms with Crippen LogP contribution in [-0.4, -0.2) is 59.4 Å². The van der Waals surface area contributed by atoms with Gasteiger partial charge in [-0.15, -0.1) is 0 Å². The second-order valence-electron chi connectivity index (χ2n) is 8.92. The van der Waals surface area contributed by atoms with Crippen LogP contribution in [0.2, 0.25) is 0 Å². The van der Waals surface area contributed by atoms with Crippen LogP contribution >= 0.6 is 0 Å². The first kappa shape index (κ1) is 21.5. The lowest BCUT2D eigenvalue weighted by Gasteiger charge is -2.36. The van der Waals surface area contributed by atoms with Crippen LogP contribution in [0.15, 0.2) is 86.9 Å². The number of anilines is 1. The minimum atomic E-state index is -0.303. The number of phenols is 1. The van der Waals surface area contributed by atoms with Crippen molar-refractivity contribution in [2.75, 3.05) is 37.6 Å². The van der Waals surface area contributed by atoms with Crippen molar-refractivity contribution in [3.05, 3.63) is 84.5 Å². The van der Waals surface area contributed by atoms with Gasteiger partial charge in [0, 0.05) is 38.0 Å². The molecular formula is C27H26N4O4. The van der Waals surface area contributed by atoms with Crippen molar-refractivity contribution < 1.29 is 18.7 Å². The molecule has 1 unspecified atom stereocenters. The first-order valence-electron chi connectivity index (χ1n) is 11.8. The van der Waals surface area contributed by atoms with Crippen LogP contribution in [0.4, 0.5) is 5.69 Å². The lowest BCUT2D eigenvalue weighted by Crippen LogP contribution is -2.49. The average molecular weight is 471 g/mol. The Morgan fingerprint density at radius 3 is 2.57 bits per heavy atom. The third kappa shape index (κ3) is 4.17. The number of para-hydroxylation sites is 3. The SMILES string of the molecule is O=C(CN1CCN(c2ccccc2O)CC1)N1N=C(c2cc3ccccc3o2)CC1c1ccco1. The van der Waals surface area contributed by atoms with Gasteiger partial charge in [-0.2, -0.15) is 5.10 Å². The van der Waals surface area contributed by atoms with Crippen molar-refractivity contribution in [3.63, 3.8) is 0 Å². The van der Waals surface area contributed by atoms with E-state index in [-0.39, 0.29) is 24.2 Å². The predicted molar refractivity (Wildman–Crippen MR) is 132 cm³/mol. The fourth-order valence-electron chi connectivity index (χ4n) is 4.86. The van der Waals surface area contributed by atoms with Crippen molar-refractivity contribution in [1.82, 2.24) is 9.91 Å². The van der Waals surface area contributed by atoms with Gasteiger partial charge in [-0.3, -0.25) is 9.69 Å². The number of amides is 1. The van der Waals surface area contributed by atoms with Gasteiger partial charge in [-0.1, -0.05) is 30.3 Å². The quantitative estimate of drug-likeness (QED) is 0.470. The number of hydrogen-bond acceptors (Lipinski definition) is 7. The van der Waals surface area contributed by atoms with Crippen LogP contribution in [0.25, 0.3) is 11.0 Å². The number of fused-ring (bicyclic) bond motifs is 1. The van der Waals surface area contributed by atoms with Crippen molar-refractivity contribution in [2.24, 2.45) is 5.10 Å². The summed E-state index contributed by atoms with van der Waals surface area (Å²) < 4.78 is 11.7. The van der Waals surface area contributed by atoms with Gasteiger partial charge in [-0.05, 0) is 36.4 Å². The molecule has 6 rings (SSSR count). The zero-order valence-electron chi connectivity index (χ0n) is 19.2. The van der Waals surface area contributed by atoms with E-state index in [1.54, 1.807) is 17.3 Å². The second kappa shape index (κ2) is 8.96. The smallest absolute Gasteiger partial charge is 0.257 e. The first-order chi connectivity index (χ1) is 17.2. The second-order valence-corrected chi connectivity index (χ2v) is 8.92. The molecule has 2 aliphatic rings. The third-order valence-corrected chi connectivity index (χ3v) is 6.70. The van der Waals surface area contributed by atoms with E-state index in [9.17, 15) is 9.90 Å². The fraction of sp³-hybridized carbons (Fsp3) is 0.259. The summed E-state index contributed by atoms with van der Waals surface area (Å²) in [7, 11) is 0. The molecule has 2 aromatic heterocycles. The summed E-state index contributed by atoms with van der Waals surface area (Å²) in [6.07, 6.45) is 2.15. The third-order valence-electron chi connectivity index (χ3n) is 6.70. The lowest BCUT2D eigenvalue weighted by molar-refractivity contribution is -0.134. The average Bonchev–Trinajstić information content (AvgIpc) is 3.64. The van der Waals surface area contributed by atoms with Crippen LogP contribution in [-0.2, 0) is 4.79 Å². The number of aromatic hydroxyl groups is 1. The topological polar surface area (TPSA) is 85.7 Å². The number of nitrogens with zero attached hydrogens (tertiary/aromatic N) is 4. The molecule has 4 heterocycles. The van der Waals surface area contributed by atoms with E-state index in [0.29, 0.717) is 17.9 Å². The zero-order chi connectivity index (χ0) is 23.8. The van der Waals surface area contributed by atoms with Crippen LogP contribution < -0.4 is 4.90 Å². The summed E-state index contributed by atoms with van der Waals surface area (Å²) in [5, 5.41) is 17.4. The first-order valence-corrected chi connectivity index (χ1v) is 11.8. The Hall–Kier alpha value is -4.04. The summed E-state index contributed by atoms with van der Waals surface area (Å²) in [6.45, 7) is 3.18. The van der Waals surface area contributed by atoms with Gasteiger partial charge >= 0.3 is 0 Å². The van der Waals surface area contributed by atoms with E-state index in [2.05, 4.69) is 9.80 Å². The maximum atomic E-state index is 13.4. The normalized spacial score (nSPS) is 18.9. The standard InChI is InChI=1S/C27H26N4O4/c32-23-8-3-2-7-21(23)30-13-11-29(12-14-30)18-27(33)31-22(25-10-5-15-34-25)17-20(28-31)26-16-19-6-1-4-9-24(19)35-26/h1-10,15-16,22,32H,11-14,17-18H2. The number of carbonyl (C=O) groups is 1. The molecule has 1 atom stereocenters. The minimum Gasteiger partial charge on any atom is -0.506 e. The van der Waals surface area contributed by atoms with Gasteiger partial charge < -0.3 is 18.8 Å². The van der Waals surface area contributed by atoms with Gasteiger partial charge in [0.2, 0.25) is 0 Å². The summed E-state index contributed by atoms with van der Waals surface area (Å²) >= 11 is 0. The van der Waals surface area contributed by atoms with E-state index < -0.39 is 0 Å². The summed E-state index contributed by atoms with van der Waals surface area (Å²) in [6, 6.07) is 20.6. The van der Waals surface area contributed by atoms with Crippen molar-refractivity contribution in [2.45, 2.75) is 12.5 Å².